The van der Waals surface area contributed by atoms with E-state index in [0.29, 0.717) is 0 Å². The largest absolute Gasteiger partial charge is 0.238 e. The van der Waals surface area contributed by atoms with Crippen LogP contribution in [0.5, 0.6) is 0 Å². The zero-order chi connectivity index (χ0) is 9.42. The lowest BCUT2D eigenvalue weighted by atomic mass is 10.1. The third-order valence-corrected chi connectivity index (χ3v) is 3.25. The SMILES string of the molecule is [C-]#[N+]c1ccc2c(C)sc(C)c2c1. The summed E-state index contributed by atoms with van der Waals surface area (Å²) in [7, 11) is 0. The highest BCUT2D eigenvalue weighted by Gasteiger charge is 2.04. The molecular formula is C11H9NS. The van der Waals surface area contributed by atoms with Gasteiger partial charge in [0.15, 0.2) is 5.69 Å². The quantitative estimate of drug-likeness (QED) is 0.548. The zero-order valence-electron chi connectivity index (χ0n) is 7.59. The molecule has 1 nitrogen and oxygen atoms in total. The molecular weight excluding hydrogens is 178 g/mol. The van der Waals surface area contributed by atoms with Crippen molar-refractivity contribution in [2.24, 2.45) is 0 Å². The van der Waals surface area contributed by atoms with Gasteiger partial charge < -0.3 is 0 Å². The van der Waals surface area contributed by atoms with Gasteiger partial charge in [-0.05, 0) is 30.7 Å². The van der Waals surface area contributed by atoms with Crippen LogP contribution in [-0.4, -0.2) is 0 Å². The molecule has 0 spiro atoms. The van der Waals surface area contributed by atoms with Gasteiger partial charge in [-0.3, -0.25) is 0 Å². The van der Waals surface area contributed by atoms with E-state index < -0.39 is 0 Å². The Hall–Kier alpha value is -1.33. The van der Waals surface area contributed by atoms with Gasteiger partial charge in [-0.1, -0.05) is 12.1 Å². The molecule has 0 unspecified atom stereocenters. The van der Waals surface area contributed by atoms with Crippen LogP contribution in [0.4, 0.5) is 5.69 Å². The fourth-order valence-electron chi connectivity index (χ4n) is 1.54. The van der Waals surface area contributed by atoms with Crippen molar-refractivity contribution in [2.45, 2.75) is 13.8 Å². The Labute approximate surface area is 81.5 Å². The van der Waals surface area contributed by atoms with Crippen molar-refractivity contribution in [1.82, 2.24) is 0 Å². The van der Waals surface area contributed by atoms with E-state index in [4.69, 9.17) is 6.57 Å². The van der Waals surface area contributed by atoms with E-state index in [1.807, 2.05) is 18.2 Å². The van der Waals surface area contributed by atoms with E-state index in [9.17, 15) is 0 Å². The molecule has 2 rings (SSSR count). The van der Waals surface area contributed by atoms with E-state index in [-0.39, 0.29) is 0 Å². The van der Waals surface area contributed by atoms with E-state index >= 15 is 0 Å². The first kappa shape index (κ1) is 8.28. The smallest absolute Gasteiger partial charge is 0.187 e. The number of thiophene rings is 1. The Balaban J connectivity index is 2.86. The third kappa shape index (κ3) is 1.22. The Morgan fingerprint density at radius 2 is 1.85 bits per heavy atom. The Bertz CT molecular complexity index is 503. The molecule has 0 bridgehead atoms. The van der Waals surface area contributed by atoms with Crippen LogP contribution < -0.4 is 0 Å². The van der Waals surface area contributed by atoms with E-state index in [1.165, 1.54) is 20.5 Å². The molecule has 1 aromatic heterocycles. The van der Waals surface area contributed by atoms with Gasteiger partial charge in [0.2, 0.25) is 0 Å². The molecule has 0 saturated carbocycles. The molecule has 0 atom stereocenters. The summed E-state index contributed by atoms with van der Waals surface area (Å²) in [6, 6.07) is 5.90. The molecule has 64 valence electrons. The lowest BCUT2D eigenvalue weighted by molar-refractivity contribution is 1.67. The summed E-state index contributed by atoms with van der Waals surface area (Å²) in [6.07, 6.45) is 0. The maximum absolute atomic E-state index is 6.92. The second-order valence-corrected chi connectivity index (χ2v) is 4.48. The number of benzene rings is 1. The average molecular weight is 187 g/mol. The van der Waals surface area contributed by atoms with Crippen LogP contribution in [-0.2, 0) is 0 Å². The average Bonchev–Trinajstić information content (AvgIpc) is 2.42. The van der Waals surface area contributed by atoms with Gasteiger partial charge in [0.25, 0.3) is 0 Å². The molecule has 0 amide bonds. The third-order valence-electron chi connectivity index (χ3n) is 2.20. The lowest BCUT2D eigenvalue weighted by Crippen LogP contribution is -1.67. The first-order valence-electron chi connectivity index (χ1n) is 4.09. The number of hydrogen-bond acceptors (Lipinski definition) is 1. The van der Waals surface area contributed by atoms with Gasteiger partial charge in [-0.25, -0.2) is 4.85 Å². The highest BCUT2D eigenvalue weighted by atomic mass is 32.1. The van der Waals surface area contributed by atoms with Gasteiger partial charge in [0.05, 0.1) is 6.57 Å². The summed E-state index contributed by atoms with van der Waals surface area (Å²) in [4.78, 5) is 6.07. The van der Waals surface area contributed by atoms with E-state index in [0.717, 1.165) is 5.69 Å². The second kappa shape index (κ2) is 2.86. The number of rotatable bonds is 0. The molecule has 1 aromatic carbocycles. The Morgan fingerprint density at radius 3 is 2.54 bits per heavy atom. The Kier molecular flexibility index (Phi) is 1.82. The van der Waals surface area contributed by atoms with Crippen molar-refractivity contribution in [3.05, 3.63) is 39.4 Å². The van der Waals surface area contributed by atoms with Crippen LogP contribution in [0.1, 0.15) is 9.75 Å². The first-order chi connectivity index (χ1) is 6.22. The summed E-state index contributed by atoms with van der Waals surface area (Å²) in [5.74, 6) is 0. The second-order valence-electron chi connectivity index (χ2n) is 3.06. The van der Waals surface area contributed by atoms with E-state index in [2.05, 4.69) is 18.7 Å². The number of aryl methyl sites for hydroxylation is 2. The molecule has 2 heteroatoms. The number of nitrogens with zero attached hydrogens (tertiary/aromatic N) is 1. The van der Waals surface area contributed by atoms with Crippen molar-refractivity contribution < 1.29 is 0 Å². The molecule has 2 aromatic rings. The standard InChI is InChI=1S/C11H9NS/c1-7-10-5-4-9(12-3)6-11(10)8(2)13-7/h4-6H,1-2H3. The number of hydrogen-bond donors (Lipinski definition) is 0. The Morgan fingerprint density at radius 1 is 1.15 bits per heavy atom. The van der Waals surface area contributed by atoms with Gasteiger partial charge in [0, 0.05) is 9.75 Å². The van der Waals surface area contributed by atoms with Crippen molar-refractivity contribution in [2.75, 3.05) is 0 Å². The highest BCUT2D eigenvalue weighted by molar-refractivity contribution is 7.13. The van der Waals surface area contributed by atoms with Gasteiger partial charge in [0.1, 0.15) is 0 Å². The molecule has 0 N–H and O–H groups in total. The predicted molar refractivity (Wildman–Crippen MR) is 57.6 cm³/mol. The molecule has 0 saturated heterocycles. The summed E-state index contributed by atoms with van der Waals surface area (Å²) in [6.45, 7) is 11.2. The van der Waals surface area contributed by atoms with Gasteiger partial charge in [-0.15, -0.1) is 11.3 Å². The summed E-state index contributed by atoms with van der Waals surface area (Å²) in [5, 5.41) is 2.52. The fraction of sp³-hybridized carbons (Fsp3) is 0.182. The van der Waals surface area contributed by atoms with Crippen LogP contribution in [0.15, 0.2) is 18.2 Å². The van der Waals surface area contributed by atoms with Crippen molar-refractivity contribution in [3.8, 4) is 0 Å². The minimum absolute atomic E-state index is 0.730. The van der Waals surface area contributed by atoms with Crippen LogP contribution in [0.3, 0.4) is 0 Å². The van der Waals surface area contributed by atoms with E-state index in [1.54, 1.807) is 11.3 Å². The maximum atomic E-state index is 6.92. The summed E-state index contributed by atoms with van der Waals surface area (Å²) in [5.41, 5.74) is 0.730. The van der Waals surface area contributed by atoms with Crippen LogP contribution in [0.25, 0.3) is 15.6 Å². The molecule has 0 aliphatic carbocycles. The van der Waals surface area contributed by atoms with Crippen molar-refractivity contribution >= 4 is 27.8 Å². The highest BCUT2D eigenvalue weighted by Crippen LogP contribution is 2.32. The summed E-state index contributed by atoms with van der Waals surface area (Å²) >= 11 is 1.80. The normalized spacial score (nSPS) is 10.2. The van der Waals surface area contributed by atoms with Crippen LogP contribution >= 0.6 is 11.3 Å². The van der Waals surface area contributed by atoms with Gasteiger partial charge in [-0.2, -0.15) is 0 Å². The monoisotopic (exact) mass is 187 g/mol. The summed E-state index contributed by atoms with van der Waals surface area (Å²) < 4.78 is 0. The predicted octanol–water partition coefficient (Wildman–Crippen LogP) is 4.07. The molecule has 0 aliphatic rings. The minimum Gasteiger partial charge on any atom is -0.238 e. The molecule has 0 fully saturated rings. The fourth-order valence-corrected chi connectivity index (χ4v) is 2.57. The molecule has 13 heavy (non-hydrogen) atoms. The topological polar surface area (TPSA) is 4.36 Å². The van der Waals surface area contributed by atoms with Crippen LogP contribution in [0, 0.1) is 20.4 Å². The minimum atomic E-state index is 0.730. The van der Waals surface area contributed by atoms with Crippen LogP contribution in [0.2, 0.25) is 0 Å². The first-order valence-corrected chi connectivity index (χ1v) is 4.91. The van der Waals surface area contributed by atoms with Crippen molar-refractivity contribution in [3.63, 3.8) is 0 Å². The van der Waals surface area contributed by atoms with Gasteiger partial charge >= 0.3 is 0 Å². The molecule has 0 aliphatic heterocycles. The lowest BCUT2D eigenvalue weighted by Gasteiger charge is -1.93. The number of fused-ring (bicyclic) bond motifs is 1. The zero-order valence-corrected chi connectivity index (χ0v) is 8.40. The molecule has 0 radical (unpaired) electrons. The molecule has 1 heterocycles. The maximum Gasteiger partial charge on any atom is 0.187 e. The van der Waals surface area contributed by atoms with Crippen molar-refractivity contribution in [1.29, 1.82) is 0 Å².